The van der Waals surface area contributed by atoms with E-state index >= 15 is 0 Å². The molecule has 0 aromatic carbocycles. The van der Waals surface area contributed by atoms with E-state index in [0.717, 1.165) is 41.8 Å². The number of furan rings is 1. The maximum absolute atomic E-state index is 12.4. The number of hydrogen-bond acceptors (Lipinski definition) is 6. The summed E-state index contributed by atoms with van der Waals surface area (Å²) in [5.74, 6) is -0.142. The van der Waals surface area contributed by atoms with Crippen LogP contribution >= 0.6 is 11.3 Å². The van der Waals surface area contributed by atoms with Crippen molar-refractivity contribution in [3.05, 3.63) is 44.0 Å². The van der Waals surface area contributed by atoms with Gasteiger partial charge in [-0.05, 0) is 37.3 Å². The van der Waals surface area contributed by atoms with Crippen molar-refractivity contribution in [1.82, 2.24) is 5.32 Å². The molecule has 0 bridgehead atoms. The van der Waals surface area contributed by atoms with Crippen LogP contribution in [0.4, 0.5) is 10.9 Å². The van der Waals surface area contributed by atoms with Crippen molar-refractivity contribution in [2.45, 2.75) is 31.8 Å². The Labute approximate surface area is 129 Å². The van der Waals surface area contributed by atoms with Gasteiger partial charge in [0, 0.05) is 4.88 Å². The molecule has 7 nitrogen and oxygen atoms in total. The fourth-order valence-electron chi connectivity index (χ4n) is 3.02. The number of rotatable bonds is 2. The molecule has 114 valence electrons. The lowest BCUT2D eigenvalue weighted by Crippen LogP contribution is -2.38. The lowest BCUT2D eigenvalue weighted by molar-refractivity contribution is -0.402. The van der Waals surface area contributed by atoms with Gasteiger partial charge in [-0.15, -0.1) is 11.3 Å². The van der Waals surface area contributed by atoms with E-state index in [1.54, 1.807) is 11.3 Å². The Morgan fingerprint density at radius 1 is 1.27 bits per heavy atom. The van der Waals surface area contributed by atoms with Crippen molar-refractivity contribution in [1.29, 1.82) is 0 Å². The average molecular weight is 319 g/mol. The quantitative estimate of drug-likeness (QED) is 0.655. The summed E-state index contributed by atoms with van der Waals surface area (Å²) in [7, 11) is 0. The number of hydrogen-bond donors (Lipinski definition) is 2. The maximum atomic E-state index is 12.4. The summed E-state index contributed by atoms with van der Waals surface area (Å²) < 4.78 is 5.18. The molecule has 1 atom stereocenters. The number of fused-ring (bicyclic) bond motifs is 3. The minimum Gasteiger partial charge on any atom is -0.402 e. The third kappa shape index (κ3) is 1.98. The molecule has 22 heavy (non-hydrogen) atoms. The predicted octanol–water partition coefficient (Wildman–Crippen LogP) is 2.98. The third-order valence-electron chi connectivity index (χ3n) is 4.03. The predicted molar refractivity (Wildman–Crippen MR) is 80.2 cm³/mol. The number of thiophene rings is 1. The summed E-state index contributed by atoms with van der Waals surface area (Å²) in [5.41, 5.74) is 1.89. The van der Waals surface area contributed by atoms with Crippen LogP contribution in [0.5, 0.6) is 0 Å². The van der Waals surface area contributed by atoms with Crippen LogP contribution in [0.25, 0.3) is 0 Å². The second-order valence-corrected chi connectivity index (χ2v) is 6.50. The van der Waals surface area contributed by atoms with Crippen molar-refractivity contribution in [2.75, 3.05) is 5.32 Å². The smallest absolute Gasteiger partial charge is 0.402 e. The minimum atomic E-state index is -0.594. The van der Waals surface area contributed by atoms with Gasteiger partial charge in [0.2, 0.25) is 0 Å². The number of nitrogens with zero attached hydrogens (tertiary/aromatic N) is 1. The van der Waals surface area contributed by atoms with Gasteiger partial charge in [-0.3, -0.25) is 14.9 Å². The van der Waals surface area contributed by atoms with E-state index in [1.165, 1.54) is 17.0 Å². The van der Waals surface area contributed by atoms with Gasteiger partial charge >= 0.3 is 5.88 Å². The molecule has 0 radical (unpaired) electrons. The van der Waals surface area contributed by atoms with E-state index in [0.29, 0.717) is 5.76 Å². The molecule has 1 aliphatic carbocycles. The molecule has 0 saturated carbocycles. The number of nitro groups is 1. The summed E-state index contributed by atoms with van der Waals surface area (Å²) in [6, 6.07) is 2.80. The Bertz CT molecular complexity index is 779. The van der Waals surface area contributed by atoms with Crippen molar-refractivity contribution in [2.24, 2.45) is 0 Å². The topological polar surface area (TPSA) is 97.4 Å². The van der Waals surface area contributed by atoms with Crippen LogP contribution in [-0.2, 0) is 12.8 Å². The van der Waals surface area contributed by atoms with Crippen LogP contribution in [0.1, 0.15) is 45.6 Å². The Morgan fingerprint density at radius 2 is 2.09 bits per heavy atom. The second kappa shape index (κ2) is 4.84. The zero-order chi connectivity index (χ0) is 15.3. The van der Waals surface area contributed by atoms with Gasteiger partial charge in [0.15, 0.2) is 11.9 Å². The standard InChI is InChI=1S/C14H13N3O4S/c18-13-11-7-3-1-2-4-9(7)22-14(11)16-12(15-13)8-5-6-10(21-8)17(19)20/h5-6,12,16H,1-4H2,(H,15,18). The number of carbonyl (C=O) groups is 1. The fraction of sp³-hybridized carbons (Fsp3) is 0.357. The van der Waals surface area contributed by atoms with E-state index in [-0.39, 0.29) is 11.8 Å². The van der Waals surface area contributed by atoms with Gasteiger partial charge < -0.3 is 15.1 Å². The van der Waals surface area contributed by atoms with Crippen LogP contribution in [0.3, 0.4) is 0 Å². The number of anilines is 1. The highest BCUT2D eigenvalue weighted by Crippen LogP contribution is 2.41. The normalized spacial score (nSPS) is 19.8. The highest BCUT2D eigenvalue weighted by Gasteiger charge is 2.33. The minimum absolute atomic E-state index is 0.141. The summed E-state index contributed by atoms with van der Waals surface area (Å²) >= 11 is 1.61. The SMILES string of the molecule is O=C1NC(c2ccc([N+](=O)[O-])o2)Nc2sc3c(c21)CCCC3. The Kier molecular flexibility index (Phi) is 2.93. The van der Waals surface area contributed by atoms with E-state index in [2.05, 4.69) is 10.6 Å². The molecule has 2 aromatic heterocycles. The van der Waals surface area contributed by atoms with Gasteiger partial charge in [0.25, 0.3) is 5.91 Å². The van der Waals surface area contributed by atoms with Crippen LogP contribution in [-0.4, -0.2) is 10.8 Å². The summed E-state index contributed by atoms with van der Waals surface area (Å²) in [5, 5.41) is 17.6. The molecule has 4 rings (SSSR count). The molecule has 8 heteroatoms. The van der Waals surface area contributed by atoms with Gasteiger partial charge in [-0.2, -0.15) is 0 Å². The molecule has 0 spiro atoms. The highest BCUT2D eigenvalue weighted by molar-refractivity contribution is 7.16. The van der Waals surface area contributed by atoms with Gasteiger partial charge in [0.05, 0.1) is 11.6 Å². The molecule has 1 unspecified atom stereocenters. The summed E-state index contributed by atoms with van der Waals surface area (Å²) in [4.78, 5) is 23.8. The molecule has 2 aromatic rings. The van der Waals surface area contributed by atoms with E-state index in [1.807, 2.05) is 0 Å². The van der Waals surface area contributed by atoms with E-state index < -0.39 is 11.1 Å². The molecule has 3 heterocycles. The first kappa shape index (κ1) is 13.3. The molecule has 0 saturated heterocycles. The third-order valence-corrected chi connectivity index (χ3v) is 5.25. The van der Waals surface area contributed by atoms with Crippen molar-refractivity contribution >= 4 is 28.1 Å². The lowest BCUT2D eigenvalue weighted by atomic mass is 9.94. The molecule has 2 N–H and O–H groups in total. The van der Waals surface area contributed by atoms with Crippen LogP contribution in [0.15, 0.2) is 16.5 Å². The zero-order valence-electron chi connectivity index (χ0n) is 11.5. The Hall–Kier alpha value is -2.35. The van der Waals surface area contributed by atoms with Crippen LogP contribution in [0.2, 0.25) is 0 Å². The van der Waals surface area contributed by atoms with E-state index in [9.17, 15) is 14.9 Å². The zero-order valence-corrected chi connectivity index (χ0v) is 12.4. The number of nitrogens with one attached hydrogen (secondary N) is 2. The second-order valence-electron chi connectivity index (χ2n) is 5.40. The molecule has 0 fully saturated rings. The van der Waals surface area contributed by atoms with Crippen molar-refractivity contribution in [3.63, 3.8) is 0 Å². The largest absolute Gasteiger partial charge is 0.433 e. The highest BCUT2D eigenvalue weighted by atomic mass is 32.1. The van der Waals surface area contributed by atoms with E-state index in [4.69, 9.17) is 4.42 Å². The van der Waals surface area contributed by atoms with Gasteiger partial charge in [-0.1, -0.05) is 0 Å². The molecule has 1 amide bonds. The Morgan fingerprint density at radius 3 is 2.86 bits per heavy atom. The number of aryl methyl sites for hydroxylation is 1. The molecular formula is C14H13N3O4S. The molecule has 2 aliphatic rings. The first-order chi connectivity index (χ1) is 10.6. The molecular weight excluding hydrogens is 306 g/mol. The summed E-state index contributed by atoms with van der Waals surface area (Å²) in [6.07, 6.45) is 3.64. The van der Waals surface area contributed by atoms with Crippen LogP contribution < -0.4 is 10.6 Å². The van der Waals surface area contributed by atoms with Crippen molar-refractivity contribution < 1.29 is 14.1 Å². The van der Waals surface area contributed by atoms with Crippen molar-refractivity contribution in [3.8, 4) is 0 Å². The first-order valence-corrected chi connectivity index (χ1v) is 7.91. The van der Waals surface area contributed by atoms with Gasteiger partial charge in [-0.25, -0.2) is 0 Å². The fourth-order valence-corrected chi connectivity index (χ4v) is 4.33. The average Bonchev–Trinajstić information content (AvgIpc) is 3.11. The molecule has 1 aliphatic heterocycles. The summed E-state index contributed by atoms with van der Waals surface area (Å²) in [6.45, 7) is 0. The maximum Gasteiger partial charge on any atom is 0.433 e. The number of amides is 1. The van der Waals surface area contributed by atoms with Gasteiger partial charge in [0.1, 0.15) is 9.92 Å². The van der Waals surface area contributed by atoms with Crippen LogP contribution in [0, 0.1) is 10.1 Å². The number of carbonyl (C=O) groups excluding carboxylic acids is 1. The monoisotopic (exact) mass is 319 g/mol. The lowest BCUT2D eigenvalue weighted by Gasteiger charge is -2.24. The first-order valence-electron chi connectivity index (χ1n) is 7.09. The Balaban J connectivity index is 1.68.